The van der Waals surface area contributed by atoms with Crippen LogP contribution in [0.15, 0.2) is 78.4 Å². The van der Waals surface area contributed by atoms with E-state index in [0.29, 0.717) is 33.5 Å². The van der Waals surface area contributed by atoms with E-state index >= 15 is 0 Å². The van der Waals surface area contributed by atoms with Gasteiger partial charge in [-0.1, -0.05) is 12.1 Å². The number of amides is 1. The van der Waals surface area contributed by atoms with Crippen molar-refractivity contribution in [2.75, 3.05) is 5.32 Å². The monoisotopic (exact) mass is 391 g/mol. The predicted molar refractivity (Wildman–Crippen MR) is 106 cm³/mol. The normalized spacial score (nSPS) is 10.5. The Kier molecular flexibility index (Phi) is 5.07. The number of carbonyl (C=O) groups excluding carboxylic acids is 1. The molecule has 0 atom stereocenters. The van der Waals surface area contributed by atoms with Crippen LogP contribution in [0, 0.1) is 5.82 Å². The van der Waals surface area contributed by atoms with Crippen molar-refractivity contribution in [3.8, 4) is 22.8 Å². The number of aromatic nitrogens is 2. The smallest absolute Gasteiger partial charge is 0.257 e. The van der Waals surface area contributed by atoms with Gasteiger partial charge in [-0.15, -0.1) is 11.3 Å². The fourth-order valence-electron chi connectivity index (χ4n) is 2.50. The van der Waals surface area contributed by atoms with Crippen LogP contribution >= 0.6 is 11.3 Å². The van der Waals surface area contributed by atoms with Crippen molar-refractivity contribution in [2.24, 2.45) is 0 Å². The molecule has 0 radical (unpaired) electrons. The second-order valence-corrected chi connectivity index (χ2v) is 6.68. The largest absolute Gasteiger partial charge is 0.456 e. The summed E-state index contributed by atoms with van der Waals surface area (Å²) in [6.45, 7) is 0. The molecule has 2 aromatic carbocycles. The standard InChI is InChI=1S/C21H14FN3O2S/c22-16-4-1-3-15(11-16)19-13-28-21(24-19)25-20(26)14-6-8-17(9-7-14)27-18-5-2-10-23-12-18/h1-13H,(H,24,25,26). The zero-order valence-electron chi connectivity index (χ0n) is 14.5. The summed E-state index contributed by atoms with van der Waals surface area (Å²) in [5.74, 6) is 0.609. The molecule has 0 aliphatic heterocycles. The van der Waals surface area contributed by atoms with Gasteiger partial charge >= 0.3 is 0 Å². The van der Waals surface area contributed by atoms with E-state index in [1.807, 2.05) is 0 Å². The number of thiazole rings is 1. The number of anilines is 1. The SMILES string of the molecule is O=C(Nc1nc(-c2cccc(F)c2)cs1)c1ccc(Oc2cccnc2)cc1. The Morgan fingerprint density at radius 2 is 1.89 bits per heavy atom. The van der Waals surface area contributed by atoms with E-state index in [2.05, 4.69) is 15.3 Å². The van der Waals surface area contributed by atoms with Gasteiger partial charge in [-0.3, -0.25) is 15.1 Å². The van der Waals surface area contributed by atoms with E-state index < -0.39 is 0 Å². The van der Waals surface area contributed by atoms with Crippen LogP contribution in [-0.2, 0) is 0 Å². The number of halogens is 1. The molecule has 0 unspecified atom stereocenters. The first kappa shape index (κ1) is 17.8. The highest BCUT2D eigenvalue weighted by molar-refractivity contribution is 7.14. The zero-order valence-corrected chi connectivity index (χ0v) is 15.3. The van der Waals surface area contributed by atoms with E-state index in [1.165, 1.54) is 23.5 Å². The molecule has 0 aliphatic carbocycles. The Hall–Kier alpha value is -3.58. The topological polar surface area (TPSA) is 64.1 Å². The van der Waals surface area contributed by atoms with Gasteiger partial charge in [0.1, 0.15) is 17.3 Å². The lowest BCUT2D eigenvalue weighted by molar-refractivity contribution is 0.102. The van der Waals surface area contributed by atoms with Crippen molar-refractivity contribution in [1.29, 1.82) is 0 Å². The molecule has 1 N–H and O–H groups in total. The van der Waals surface area contributed by atoms with E-state index in [4.69, 9.17) is 4.74 Å². The van der Waals surface area contributed by atoms with Gasteiger partial charge in [0.15, 0.2) is 5.13 Å². The molecule has 0 fully saturated rings. The number of rotatable bonds is 5. The number of nitrogens with one attached hydrogen (secondary N) is 1. The molecule has 0 saturated carbocycles. The molecule has 0 bridgehead atoms. The molecule has 1 amide bonds. The Labute approximate surface area is 164 Å². The van der Waals surface area contributed by atoms with E-state index in [9.17, 15) is 9.18 Å². The van der Waals surface area contributed by atoms with Gasteiger partial charge in [0, 0.05) is 22.7 Å². The minimum atomic E-state index is -0.329. The van der Waals surface area contributed by atoms with Crippen molar-refractivity contribution in [3.63, 3.8) is 0 Å². The van der Waals surface area contributed by atoms with E-state index in [-0.39, 0.29) is 11.7 Å². The fraction of sp³-hybridized carbons (Fsp3) is 0. The van der Waals surface area contributed by atoms with Crippen LogP contribution in [0.1, 0.15) is 10.4 Å². The van der Waals surface area contributed by atoms with Gasteiger partial charge in [0.2, 0.25) is 0 Å². The van der Waals surface area contributed by atoms with E-state index in [0.717, 1.165) is 0 Å². The molecule has 2 aromatic heterocycles. The zero-order chi connectivity index (χ0) is 19.3. The van der Waals surface area contributed by atoms with Crippen LogP contribution in [0.4, 0.5) is 9.52 Å². The Balaban J connectivity index is 1.42. The maximum Gasteiger partial charge on any atom is 0.257 e. The molecular weight excluding hydrogens is 377 g/mol. The maximum absolute atomic E-state index is 13.4. The number of nitrogens with zero attached hydrogens (tertiary/aromatic N) is 2. The van der Waals surface area contributed by atoms with Gasteiger partial charge in [-0.25, -0.2) is 9.37 Å². The fourth-order valence-corrected chi connectivity index (χ4v) is 3.21. The minimum absolute atomic E-state index is 0.284. The third-order valence-electron chi connectivity index (χ3n) is 3.83. The molecule has 4 aromatic rings. The highest BCUT2D eigenvalue weighted by atomic mass is 32.1. The lowest BCUT2D eigenvalue weighted by atomic mass is 10.2. The predicted octanol–water partition coefficient (Wildman–Crippen LogP) is 5.39. The summed E-state index contributed by atoms with van der Waals surface area (Å²) in [6.07, 6.45) is 3.28. The first-order valence-corrected chi connectivity index (χ1v) is 9.26. The first-order chi connectivity index (χ1) is 13.7. The van der Waals surface area contributed by atoms with Crippen LogP contribution in [0.3, 0.4) is 0 Å². The molecule has 0 spiro atoms. The molecule has 28 heavy (non-hydrogen) atoms. The Morgan fingerprint density at radius 1 is 1.04 bits per heavy atom. The molecule has 4 rings (SSSR count). The maximum atomic E-state index is 13.4. The third kappa shape index (κ3) is 4.21. The Morgan fingerprint density at radius 3 is 2.64 bits per heavy atom. The van der Waals surface area contributed by atoms with Crippen molar-refractivity contribution < 1.29 is 13.9 Å². The molecule has 0 saturated heterocycles. The number of carbonyl (C=O) groups is 1. The van der Waals surface area contributed by atoms with Crippen molar-refractivity contribution in [1.82, 2.24) is 9.97 Å². The number of pyridine rings is 1. The van der Waals surface area contributed by atoms with Crippen molar-refractivity contribution in [3.05, 3.63) is 89.8 Å². The quantitative estimate of drug-likeness (QED) is 0.495. The van der Waals surface area contributed by atoms with Gasteiger partial charge < -0.3 is 4.74 Å². The first-order valence-electron chi connectivity index (χ1n) is 8.38. The summed E-state index contributed by atoms with van der Waals surface area (Å²) >= 11 is 1.28. The summed E-state index contributed by atoms with van der Waals surface area (Å²) in [7, 11) is 0. The summed E-state index contributed by atoms with van der Waals surface area (Å²) in [5.41, 5.74) is 1.75. The van der Waals surface area contributed by atoms with Gasteiger partial charge in [0.05, 0.1) is 11.9 Å². The highest BCUT2D eigenvalue weighted by Gasteiger charge is 2.11. The average Bonchev–Trinajstić information content (AvgIpc) is 3.18. The lowest BCUT2D eigenvalue weighted by Gasteiger charge is -2.06. The number of ether oxygens (including phenoxy) is 1. The molecule has 7 heteroatoms. The summed E-state index contributed by atoms with van der Waals surface area (Å²) in [4.78, 5) is 20.8. The number of hydrogen-bond donors (Lipinski definition) is 1. The van der Waals surface area contributed by atoms with Gasteiger partial charge in [0.25, 0.3) is 5.91 Å². The number of benzene rings is 2. The highest BCUT2D eigenvalue weighted by Crippen LogP contribution is 2.26. The van der Waals surface area contributed by atoms with Gasteiger partial charge in [-0.05, 0) is 48.5 Å². The summed E-state index contributed by atoms with van der Waals surface area (Å²) < 4.78 is 19.0. The summed E-state index contributed by atoms with van der Waals surface area (Å²) in [5, 5.41) is 4.97. The minimum Gasteiger partial charge on any atom is -0.456 e. The van der Waals surface area contributed by atoms with E-state index in [1.54, 1.807) is 66.3 Å². The molecule has 138 valence electrons. The molecule has 0 aliphatic rings. The second kappa shape index (κ2) is 7.98. The summed E-state index contributed by atoms with van der Waals surface area (Å²) in [6, 6.07) is 16.5. The van der Waals surface area contributed by atoms with Crippen LogP contribution in [0.2, 0.25) is 0 Å². The third-order valence-corrected chi connectivity index (χ3v) is 4.59. The van der Waals surface area contributed by atoms with Crippen molar-refractivity contribution in [2.45, 2.75) is 0 Å². The van der Waals surface area contributed by atoms with Crippen LogP contribution in [0.25, 0.3) is 11.3 Å². The molecule has 2 heterocycles. The van der Waals surface area contributed by atoms with Gasteiger partial charge in [-0.2, -0.15) is 0 Å². The van der Waals surface area contributed by atoms with Crippen LogP contribution < -0.4 is 10.1 Å². The average molecular weight is 391 g/mol. The van der Waals surface area contributed by atoms with Crippen molar-refractivity contribution >= 4 is 22.4 Å². The van der Waals surface area contributed by atoms with Crippen LogP contribution in [0.5, 0.6) is 11.5 Å². The molecular formula is C21H14FN3O2S. The number of hydrogen-bond acceptors (Lipinski definition) is 5. The second-order valence-electron chi connectivity index (χ2n) is 5.82. The Bertz CT molecular complexity index is 1100. The van der Waals surface area contributed by atoms with Crippen LogP contribution in [-0.4, -0.2) is 15.9 Å². The lowest BCUT2D eigenvalue weighted by Crippen LogP contribution is -2.11. The molecule has 5 nitrogen and oxygen atoms in total.